The highest BCUT2D eigenvalue weighted by atomic mass is 16.4. The molecule has 2 N–H and O–H groups in total. The summed E-state index contributed by atoms with van der Waals surface area (Å²) >= 11 is 0. The van der Waals surface area contributed by atoms with Crippen molar-refractivity contribution >= 4 is 6.09 Å². The fraction of sp³-hybridized carbons (Fsp3) is 0.556. The Labute approximate surface area is 80.7 Å². The molecule has 0 spiro atoms. The first kappa shape index (κ1) is 7.84. The molecule has 0 radical (unpaired) electrons. The Hall–Kier alpha value is -1.52. The molecular weight excluding hydrogens is 182 g/mol. The van der Waals surface area contributed by atoms with Gasteiger partial charge in [0.1, 0.15) is 0 Å². The van der Waals surface area contributed by atoms with E-state index in [9.17, 15) is 4.79 Å². The molecule has 2 heterocycles. The van der Waals surface area contributed by atoms with Gasteiger partial charge in [0.2, 0.25) is 0 Å². The molecule has 5 heteroatoms. The zero-order chi connectivity index (χ0) is 9.71. The zero-order valence-electron chi connectivity index (χ0n) is 7.55. The highest BCUT2D eigenvalue weighted by molar-refractivity contribution is 5.66. The van der Waals surface area contributed by atoms with Gasteiger partial charge in [0.05, 0.1) is 5.69 Å². The summed E-state index contributed by atoms with van der Waals surface area (Å²) in [6, 6.07) is 1.98. The molecule has 2 aliphatic rings. The molecule has 74 valence electrons. The summed E-state index contributed by atoms with van der Waals surface area (Å²) in [5, 5.41) is 15.7. The number of H-pyrrole nitrogens is 1. The number of hydrogen-bond donors (Lipinski definition) is 2. The van der Waals surface area contributed by atoms with E-state index in [0.29, 0.717) is 30.8 Å². The van der Waals surface area contributed by atoms with Crippen LogP contribution in [0, 0.1) is 11.8 Å². The lowest BCUT2D eigenvalue weighted by atomic mass is 10.2. The highest BCUT2D eigenvalue weighted by Crippen LogP contribution is 2.57. The summed E-state index contributed by atoms with van der Waals surface area (Å²) in [4.78, 5) is 12.2. The van der Waals surface area contributed by atoms with Crippen LogP contribution in [0.2, 0.25) is 0 Å². The quantitative estimate of drug-likeness (QED) is 0.690. The van der Waals surface area contributed by atoms with Crippen LogP contribution in [-0.4, -0.2) is 39.4 Å². The van der Waals surface area contributed by atoms with Crippen molar-refractivity contribution in [2.24, 2.45) is 11.8 Å². The van der Waals surface area contributed by atoms with E-state index in [1.54, 1.807) is 0 Å². The van der Waals surface area contributed by atoms with E-state index >= 15 is 0 Å². The maximum Gasteiger partial charge on any atom is 0.407 e. The summed E-state index contributed by atoms with van der Waals surface area (Å²) < 4.78 is 0. The fourth-order valence-corrected chi connectivity index (χ4v) is 2.58. The van der Waals surface area contributed by atoms with Gasteiger partial charge in [0.25, 0.3) is 0 Å². The lowest BCUT2D eigenvalue weighted by molar-refractivity contribution is 0.150. The van der Waals surface area contributed by atoms with Crippen molar-refractivity contribution in [2.45, 2.75) is 5.92 Å². The van der Waals surface area contributed by atoms with Crippen LogP contribution in [0.25, 0.3) is 0 Å². The topological polar surface area (TPSA) is 69.2 Å². The number of nitrogens with one attached hydrogen (secondary N) is 1. The first-order valence-electron chi connectivity index (χ1n) is 4.75. The third-order valence-electron chi connectivity index (χ3n) is 3.33. The molecule has 0 unspecified atom stereocenters. The minimum Gasteiger partial charge on any atom is -0.465 e. The molecule has 0 bridgehead atoms. The van der Waals surface area contributed by atoms with Crippen molar-refractivity contribution in [1.82, 2.24) is 15.1 Å². The Balaban J connectivity index is 1.70. The second-order valence-corrected chi connectivity index (χ2v) is 4.04. The maximum absolute atomic E-state index is 10.7. The van der Waals surface area contributed by atoms with E-state index in [0.717, 1.165) is 5.69 Å². The van der Waals surface area contributed by atoms with Crippen LogP contribution in [0.1, 0.15) is 11.6 Å². The monoisotopic (exact) mass is 193 g/mol. The van der Waals surface area contributed by atoms with Gasteiger partial charge in [-0.05, 0) is 17.9 Å². The lowest BCUT2D eigenvalue weighted by Crippen LogP contribution is -2.29. The van der Waals surface area contributed by atoms with Gasteiger partial charge in [-0.3, -0.25) is 5.10 Å². The summed E-state index contributed by atoms with van der Waals surface area (Å²) in [6.07, 6.45) is 1.02. The second-order valence-electron chi connectivity index (χ2n) is 4.04. The van der Waals surface area contributed by atoms with Gasteiger partial charge in [-0.1, -0.05) is 0 Å². The smallest absolute Gasteiger partial charge is 0.407 e. The van der Waals surface area contributed by atoms with Crippen LogP contribution in [0.5, 0.6) is 0 Å². The summed E-state index contributed by atoms with van der Waals surface area (Å²) in [5.41, 5.74) is 1.09. The number of nitrogens with zero attached hydrogens (tertiary/aromatic N) is 2. The van der Waals surface area contributed by atoms with Crippen molar-refractivity contribution in [3.05, 3.63) is 18.0 Å². The molecule has 1 saturated heterocycles. The van der Waals surface area contributed by atoms with Gasteiger partial charge in [0.15, 0.2) is 0 Å². The molecule has 2 fully saturated rings. The number of aromatic amines is 1. The lowest BCUT2D eigenvalue weighted by Gasteiger charge is -2.14. The van der Waals surface area contributed by atoms with Gasteiger partial charge < -0.3 is 10.0 Å². The average molecular weight is 193 g/mol. The standard InChI is InChI=1S/C9H11N3O2/c13-9(14)12-3-5-6(4-12)8(5)7-1-2-10-11-7/h1-2,5-6,8H,3-4H2,(H,10,11)(H,13,14)/t5-,6+,8-. The number of carboxylic acid groups (broad SMARTS) is 1. The second kappa shape index (κ2) is 2.50. The Bertz CT molecular complexity index is 350. The van der Waals surface area contributed by atoms with Gasteiger partial charge >= 0.3 is 6.09 Å². The predicted octanol–water partition coefficient (Wildman–Crippen LogP) is 0.733. The summed E-state index contributed by atoms with van der Waals surface area (Å²) in [7, 11) is 0. The predicted molar refractivity (Wildman–Crippen MR) is 47.9 cm³/mol. The molecule has 1 saturated carbocycles. The molecule has 1 aliphatic carbocycles. The average Bonchev–Trinajstić information content (AvgIpc) is 2.66. The number of hydrogen-bond acceptors (Lipinski definition) is 2. The summed E-state index contributed by atoms with van der Waals surface area (Å²) in [5.74, 6) is 1.51. The van der Waals surface area contributed by atoms with Gasteiger partial charge in [-0.2, -0.15) is 5.10 Å². The molecular formula is C9H11N3O2. The van der Waals surface area contributed by atoms with Gasteiger partial charge in [-0.15, -0.1) is 0 Å². The number of rotatable bonds is 1. The van der Waals surface area contributed by atoms with E-state index in [4.69, 9.17) is 5.11 Å². The Kier molecular flexibility index (Phi) is 1.40. The van der Waals surface area contributed by atoms with E-state index < -0.39 is 6.09 Å². The molecule has 3 atom stereocenters. The number of aromatic nitrogens is 2. The highest BCUT2D eigenvalue weighted by Gasteiger charge is 2.58. The maximum atomic E-state index is 10.7. The van der Waals surface area contributed by atoms with Crippen molar-refractivity contribution < 1.29 is 9.90 Å². The number of carbonyl (C=O) groups is 1. The normalized spacial score (nSPS) is 34.3. The van der Waals surface area contributed by atoms with Crippen molar-refractivity contribution in [3.63, 3.8) is 0 Å². The van der Waals surface area contributed by atoms with Crippen LogP contribution < -0.4 is 0 Å². The number of likely N-dealkylation sites (tertiary alicyclic amines) is 1. The van der Waals surface area contributed by atoms with Crippen LogP contribution >= 0.6 is 0 Å². The molecule has 1 aromatic rings. The van der Waals surface area contributed by atoms with Crippen LogP contribution in [0.15, 0.2) is 12.3 Å². The van der Waals surface area contributed by atoms with Gasteiger partial charge in [-0.25, -0.2) is 4.79 Å². The largest absolute Gasteiger partial charge is 0.465 e. The SMILES string of the molecule is O=C(O)N1C[C@@H]2[C@H](C1)[C@@H]2c1cc[nH]n1. The van der Waals surface area contributed by atoms with Crippen LogP contribution in [-0.2, 0) is 0 Å². The van der Waals surface area contributed by atoms with Crippen LogP contribution in [0.3, 0.4) is 0 Å². The van der Waals surface area contributed by atoms with Crippen molar-refractivity contribution in [2.75, 3.05) is 13.1 Å². The van der Waals surface area contributed by atoms with Gasteiger partial charge in [0, 0.05) is 25.2 Å². The van der Waals surface area contributed by atoms with E-state index in [1.807, 2.05) is 12.3 Å². The third kappa shape index (κ3) is 0.950. The van der Waals surface area contributed by atoms with E-state index in [-0.39, 0.29) is 0 Å². The molecule has 14 heavy (non-hydrogen) atoms. The molecule has 5 nitrogen and oxygen atoms in total. The van der Waals surface area contributed by atoms with Crippen LogP contribution in [0.4, 0.5) is 4.79 Å². The van der Waals surface area contributed by atoms with E-state index in [1.165, 1.54) is 4.90 Å². The first-order chi connectivity index (χ1) is 6.77. The molecule has 1 aliphatic heterocycles. The fourth-order valence-electron chi connectivity index (χ4n) is 2.58. The molecule has 0 aromatic carbocycles. The molecule has 3 rings (SSSR count). The van der Waals surface area contributed by atoms with E-state index in [2.05, 4.69) is 10.2 Å². The number of fused-ring (bicyclic) bond motifs is 1. The molecule has 1 amide bonds. The summed E-state index contributed by atoms with van der Waals surface area (Å²) in [6.45, 7) is 1.36. The third-order valence-corrected chi connectivity index (χ3v) is 3.33. The Morgan fingerprint density at radius 3 is 2.79 bits per heavy atom. The van der Waals surface area contributed by atoms with Crippen molar-refractivity contribution in [3.8, 4) is 0 Å². The number of amides is 1. The number of piperidine rings is 1. The Morgan fingerprint density at radius 2 is 2.29 bits per heavy atom. The zero-order valence-corrected chi connectivity index (χ0v) is 7.55. The van der Waals surface area contributed by atoms with Crippen molar-refractivity contribution in [1.29, 1.82) is 0 Å². The first-order valence-corrected chi connectivity index (χ1v) is 4.75. The minimum absolute atomic E-state index is 0.497. The minimum atomic E-state index is -0.794. The Morgan fingerprint density at radius 1 is 1.57 bits per heavy atom. The molecule has 1 aromatic heterocycles.